The third kappa shape index (κ3) is 4.27. The lowest BCUT2D eigenvalue weighted by Crippen LogP contribution is -2.52. The highest BCUT2D eigenvalue weighted by atomic mass is 16.7. The van der Waals surface area contributed by atoms with E-state index < -0.39 is 36.0 Å². The van der Waals surface area contributed by atoms with Crippen molar-refractivity contribution in [3.05, 3.63) is 0 Å². The minimum absolute atomic E-state index is 0.0241. The van der Waals surface area contributed by atoms with Crippen LogP contribution in [-0.4, -0.2) is 79.9 Å². The van der Waals surface area contributed by atoms with Crippen LogP contribution in [0.5, 0.6) is 0 Å². The highest BCUT2D eigenvalue weighted by molar-refractivity contribution is 5.87. The van der Waals surface area contributed by atoms with Gasteiger partial charge in [-0.15, -0.1) is 0 Å². The zero-order valence-corrected chi connectivity index (χ0v) is 16.6. The zero-order valence-electron chi connectivity index (χ0n) is 16.6. The largest absolute Gasteiger partial charge is 0.428 e. The maximum Gasteiger partial charge on any atom is 0.315 e. The highest BCUT2D eigenvalue weighted by Gasteiger charge is 2.57. The van der Waals surface area contributed by atoms with E-state index in [0.717, 1.165) is 25.9 Å². The molecule has 3 heterocycles. The Balaban J connectivity index is 1.60. The van der Waals surface area contributed by atoms with Crippen LogP contribution in [0.2, 0.25) is 0 Å². The second-order valence-electron chi connectivity index (χ2n) is 8.73. The van der Waals surface area contributed by atoms with Gasteiger partial charge >= 0.3 is 11.9 Å². The van der Waals surface area contributed by atoms with E-state index in [1.54, 1.807) is 20.8 Å². The maximum atomic E-state index is 13.1. The summed E-state index contributed by atoms with van der Waals surface area (Å²) < 4.78 is 16.1. The Hall–Kier alpha value is -1.67. The molecule has 8 heteroatoms. The van der Waals surface area contributed by atoms with Crippen LogP contribution in [0.1, 0.15) is 33.6 Å². The Kier molecular flexibility index (Phi) is 5.76. The summed E-state index contributed by atoms with van der Waals surface area (Å²) in [5.41, 5.74) is -0.665. The van der Waals surface area contributed by atoms with E-state index in [1.165, 1.54) is 0 Å². The number of carbonyl (C=O) groups excluding carboxylic acids is 3. The van der Waals surface area contributed by atoms with Crippen molar-refractivity contribution >= 4 is 17.8 Å². The smallest absolute Gasteiger partial charge is 0.315 e. The number of esters is 2. The molecule has 3 aliphatic heterocycles. The molecule has 8 nitrogen and oxygen atoms in total. The Labute approximate surface area is 160 Å². The van der Waals surface area contributed by atoms with Gasteiger partial charge in [0.1, 0.15) is 0 Å². The number of nitrogens with zero attached hydrogens (tertiary/aromatic N) is 2. The molecule has 0 saturated carbocycles. The van der Waals surface area contributed by atoms with Crippen LogP contribution < -0.4 is 0 Å². The van der Waals surface area contributed by atoms with Crippen LogP contribution in [0.25, 0.3) is 0 Å². The number of piperazine rings is 1. The van der Waals surface area contributed by atoms with Gasteiger partial charge in [0.25, 0.3) is 0 Å². The lowest BCUT2D eigenvalue weighted by molar-refractivity contribution is -0.178. The summed E-state index contributed by atoms with van der Waals surface area (Å²) in [4.78, 5) is 41.5. The van der Waals surface area contributed by atoms with E-state index in [2.05, 4.69) is 4.90 Å². The van der Waals surface area contributed by atoms with Gasteiger partial charge in [-0.1, -0.05) is 0 Å². The predicted molar refractivity (Wildman–Crippen MR) is 95.5 cm³/mol. The number of ether oxygens (including phenoxy) is 3. The van der Waals surface area contributed by atoms with Gasteiger partial charge in [-0.2, -0.15) is 0 Å². The quantitative estimate of drug-likeness (QED) is 0.521. The Morgan fingerprint density at radius 1 is 0.963 bits per heavy atom. The SMILES string of the molecule is CN1CCN(C(=O)[C@@H]2[C@H](C(=O)OCOC(=O)C(C)(C)C)[C@H]3CC[C@@H]2O3)CC1. The number of fused-ring (bicyclic) bond motifs is 2. The monoisotopic (exact) mass is 382 g/mol. The van der Waals surface area contributed by atoms with E-state index in [9.17, 15) is 14.4 Å². The van der Waals surface area contributed by atoms with Crippen molar-refractivity contribution in [1.82, 2.24) is 9.80 Å². The molecule has 4 atom stereocenters. The van der Waals surface area contributed by atoms with Crippen molar-refractivity contribution in [2.75, 3.05) is 40.0 Å². The predicted octanol–water partition coefficient (Wildman–Crippen LogP) is 0.644. The van der Waals surface area contributed by atoms with Crippen LogP contribution >= 0.6 is 0 Å². The van der Waals surface area contributed by atoms with Crippen LogP contribution in [0.15, 0.2) is 0 Å². The molecule has 1 amide bonds. The van der Waals surface area contributed by atoms with Gasteiger partial charge < -0.3 is 24.0 Å². The third-order valence-corrected chi connectivity index (χ3v) is 5.65. The van der Waals surface area contributed by atoms with Gasteiger partial charge in [0.2, 0.25) is 12.7 Å². The van der Waals surface area contributed by atoms with E-state index in [4.69, 9.17) is 14.2 Å². The molecule has 152 valence electrons. The van der Waals surface area contributed by atoms with Gasteiger partial charge in [0.15, 0.2) is 0 Å². The number of amides is 1. The highest BCUT2D eigenvalue weighted by Crippen LogP contribution is 2.45. The molecular weight excluding hydrogens is 352 g/mol. The first-order valence-corrected chi connectivity index (χ1v) is 9.65. The summed E-state index contributed by atoms with van der Waals surface area (Å²) in [5.74, 6) is -2.10. The molecule has 0 aromatic heterocycles. The molecule has 3 saturated heterocycles. The standard InChI is InChI=1S/C19H30N2O6/c1-19(2,3)18(24)26-11-25-17(23)15-13-6-5-12(27-13)14(15)16(22)21-9-7-20(4)8-10-21/h12-15H,5-11H2,1-4H3/t12-,13+,14-,15+/m0/s1. The molecule has 0 unspecified atom stereocenters. The van der Waals surface area contributed by atoms with Crippen LogP contribution in [-0.2, 0) is 28.6 Å². The molecule has 3 aliphatic rings. The number of rotatable bonds is 4. The van der Waals surface area contributed by atoms with Crippen molar-refractivity contribution in [3.8, 4) is 0 Å². The minimum Gasteiger partial charge on any atom is -0.428 e. The molecular formula is C19H30N2O6. The summed E-state index contributed by atoms with van der Waals surface area (Å²) in [5, 5.41) is 0. The van der Waals surface area contributed by atoms with Gasteiger partial charge in [-0.25, -0.2) is 0 Å². The fourth-order valence-corrected chi connectivity index (χ4v) is 3.98. The van der Waals surface area contributed by atoms with Crippen LogP contribution in [0.3, 0.4) is 0 Å². The summed E-state index contributed by atoms with van der Waals surface area (Å²) in [6, 6.07) is 0. The van der Waals surface area contributed by atoms with Gasteiger partial charge in [0, 0.05) is 26.2 Å². The van der Waals surface area contributed by atoms with Gasteiger partial charge in [-0.3, -0.25) is 14.4 Å². The van der Waals surface area contributed by atoms with E-state index in [0.29, 0.717) is 13.1 Å². The van der Waals surface area contributed by atoms with Crippen molar-refractivity contribution in [3.63, 3.8) is 0 Å². The van der Waals surface area contributed by atoms with E-state index in [1.807, 2.05) is 11.9 Å². The topological polar surface area (TPSA) is 85.4 Å². The molecule has 2 bridgehead atoms. The Morgan fingerprint density at radius 3 is 2.15 bits per heavy atom. The first kappa shape index (κ1) is 20.1. The fraction of sp³-hybridized carbons (Fsp3) is 0.842. The third-order valence-electron chi connectivity index (χ3n) is 5.65. The number of hydrogen-bond donors (Lipinski definition) is 0. The molecule has 3 fully saturated rings. The molecule has 0 radical (unpaired) electrons. The van der Waals surface area contributed by atoms with Gasteiger partial charge in [0.05, 0.1) is 29.5 Å². The first-order chi connectivity index (χ1) is 12.7. The normalized spacial score (nSPS) is 31.0. The minimum atomic E-state index is -0.665. The maximum absolute atomic E-state index is 13.1. The van der Waals surface area contributed by atoms with Gasteiger partial charge in [-0.05, 0) is 40.7 Å². The lowest BCUT2D eigenvalue weighted by atomic mass is 9.78. The summed E-state index contributed by atoms with van der Waals surface area (Å²) in [7, 11) is 2.03. The van der Waals surface area contributed by atoms with Crippen molar-refractivity contribution < 1.29 is 28.6 Å². The Morgan fingerprint density at radius 2 is 1.56 bits per heavy atom. The van der Waals surface area contributed by atoms with Crippen molar-refractivity contribution in [1.29, 1.82) is 0 Å². The second kappa shape index (κ2) is 7.75. The number of likely N-dealkylation sites (N-methyl/N-ethyl adjacent to an activating group) is 1. The first-order valence-electron chi connectivity index (χ1n) is 9.65. The Bertz CT molecular complexity index is 593. The van der Waals surface area contributed by atoms with Crippen LogP contribution in [0, 0.1) is 17.3 Å². The van der Waals surface area contributed by atoms with Crippen molar-refractivity contribution in [2.24, 2.45) is 17.3 Å². The zero-order chi connectivity index (χ0) is 19.8. The molecule has 27 heavy (non-hydrogen) atoms. The fourth-order valence-electron chi connectivity index (χ4n) is 3.98. The summed E-state index contributed by atoms with van der Waals surface area (Å²) in [6.07, 6.45) is 1.02. The number of hydrogen-bond acceptors (Lipinski definition) is 7. The average molecular weight is 382 g/mol. The second-order valence-corrected chi connectivity index (χ2v) is 8.73. The summed E-state index contributed by atoms with van der Waals surface area (Å²) in [6.45, 7) is 7.72. The van der Waals surface area contributed by atoms with Crippen molar-refractivity contribution in [2.45, 2.75) is 45.8 Å². The van der Waals surface area contributed by atoms with E-state index >= 15 is 0 Å². The summed E-state index contributed by atoms with van der Waals surface area (Å²) >= 11 is 0. The number of carbonyl (C=O) groups is 3. The van der Waals surface area contributed by atoms with E-state index in [-0.39, 0.29) is 18.1 Å². The molecule has 0 aromatic rings. The molecule has 0 aliphatic carbocycles. The average Bonchev–Trinajstić information content (AvgIpc) is 3.22. The lowest BCUT2D eigenvalue weighted by Gasteiger charge is -2.36. The van der Waals surface area contributed by atoms with Crippen LogP contribution in [0.4, 0.5) is 0 Å². The molecule has 0 spiro atoms. The molecule has 0 aromatic carbocycles. The molecule has 0 N–H and O–H groups in total. The molecule has 3 rings (SSSR count).